The Morgan fingerprint density at radius 1 is 1.27 bits per heavy atom. The molecular formula is C16H14F3N5O2. The molecule has 2 amide bonds. The molecular weight excluding hydrogens is 351 g/mol. The molecule has 1 aromatic heterocycles. The predicted molar refractivity (Wildman–Crippen MR) is 85.8 cm³/mol. The van der Waals surface area contributed by atoms with Crippen LogP contribution in [0.4, 0.5) is 18.0 Å². The van der Waals surface area contributed by atoms with Crippen LogP contribution in [0, 0.1) is 0 Å². The standard InChI is InChI=1S/C16H14F3N5O2/c17-16(18,19)13-7-12(10-3-4-10)22-15(23-13)26-11-5-1-9(2-6-11)8-21-24-14(20)25/h1-2,5-8,10H,3-4H2,(H3,20,24,25). The molecule has 10 heteroatoms. The molecule has 1 aliphatic carbocycles. The Hall–Kier alpha value is -3.17. The number of nitrogens with zero attached hydrogens (tertiary/aromatic N) is 3. The van der Waals surface area contributed by atoms with Gasteiger partial charge in [0.15, 0.2) is 5.69 Å². The molecule has 0 radical (unpaired) electrons. The maximum Gasteiger partial charge on any atom is 0.433 e. The summed E-state index contributed by atoms with van der Waals surface area (Å²) < 4.78 is 44.4. The Balaban J connectivity index is 1.76. The number of urea groups is 1. The van der Waals surface area contributed by atoms with E-state index in [4.69, 9.17) is 10.5 Å². The van der Waals surface area contributed by atoms with Crippen molar-refractivity contribution < 1.29 is 22.7 Å². The van der Waals surface area contributed by atoms with Gasteiger partial charge in [0.1, 0.15) is 5.75 Å². The lowest BCUT2D eigenvalue weighted by Crippen LogP contribution is -2.24. The quantitative estimate of drug-likeness (QED) is 0.627. The maximum atomic E-state index is 13.0. The Bertz CT molecular complexity index is 833. The summed E-state index contributed by atoms with van der Waals surface area (Å²) in [6, 6.07) is 6.05. The van der Waals surface area contributed by atoms with Gasteiger partial charge >= 0.3 is 18.2 Å². The molecule has 26 heavy (non-hydrogen) atoms. The molecule has 1 heterocycles. The number of benzene rings is 1. The van der Waals surface area contributed by atoms with Gasteiger partial charge in [-0.3, -0.25) is 0 Å². The first-order valence-electron chi connectivity index (χ1n) is 7.64. The molecule has 0 bridgehead atoms. The van der Waals surface area contributed by atoms with E-state index >= 15 is 0 Å². The normalized spacial score (nSPS) is 14.4. The minimum Gasteiger partial charge on any atom is -0.424 e. The first-order chi connectivity index (χ1) is 12.3. The first kappa shape index (κ1) is 17.6. The SMILES string of the molecule is NC(=O)NN=Cc1ccc(Oc2nc(C3CC3)cc(C(F)(F)F)n2)cc1. The average Bonchev–Trinajstić information content (AvgIpc) is 3.40. The van der Waals surface area contributed by atoms with Crippen molar-refractivity contribution in [2.24, 2.45) is 10.8 Å². The topological polar surface area (TPSA) is 102 Å². The van der Waals surface area contributed by atoms with Gasteiger partial charge in [0, 0.05) is 5.92 Å². The molecule has 0 aliphatic heterocycles. The molecule has 0 spiro atoms. The Kier molecular flexibility index (Phi) is 4.74. The van der Waals surface area contributed by atoms with E-state index < -0.39 is 17.9 Å². The summed E-state index contributed by atoms with van der Waals surface area (Å²) in [5.74, 6) is 0.295. The highest BCUT2D eigenvalue weighted by molar-refractivity contribution is 5.81. The van der Waals surface area contributed by atoms with Crippen molar-refractivity contribution in [1.82, 2.24) is 15.4 Å². The number of primary amides is 1. The van der Waals surface area contributed by atoms with Gasteiger partial charge in [-0.05, 0) is 48.7 Å². The molecule has 1 saturated carbocycles. The molecule has 7 nitrogen and oxygen atoms in total. The number of hydrogen-bond acceptors (Lipinski definition) is 5. The van der Waals surface area contributed by atoms with E-state index in [1.165, 1.54) is 18.3 Å². The molecule has 0 atom stereocenters. The van der Waals surface area contributed by atoms with E-state index in [0.717, 1.165) is 18.9 Å². The summed E-state index contributed by atoms with van der Waals surface area (Å²) >= 11 is 0. The third-order valence-electron chi connectivity index (χ3n) is 3.49. The minimum absolute atomic E-state index is 0.0257. The highest BCUT2D eigenvalue weighted by Crippen LogP contribution is 2.41. The fourth-order valence-corrected chi connectivity index (χ4v) is 2.12. The third kappa shape index (κ3) is 4.68. The number of ether oxygens (including phenoxy) is 1. The summed E-state index contributed by atoms with van der Waals surface area (Å²) in [7, 11) is 0. The number of hydrogen-bond donors (Lipinski definition) is 2. The van der Waals surface area contributed by atoms with Crippen LogP contribution in [0.2, 0.25) is 0 Å². The van der Waals surface area contributed by atoms with Gasteiger partial charge < -0.3 is 10.5 Å². The number of amides is 2. The number of alkyl halides is 3. The third-order valence-corrected chi connectivity index (χ3v) is 3.49. The van der Waals surface area contributed by atoms with Crippen molar-refractivity contribution in [1.29, 1.82) is 0 Å². The van der Waals surface area contributed by atoms with E-state index in [-0.39, 0.29) is 17.7 Å². The molecule has 136 valence electrons. The van der Waals surface area contributed by atoms with E-state index in [2.05, 4.69) is 15.1 Å². The van der Waals surface area contributed by atoms with Crippen LogP contribution in [0.1, 0.15) is 35.7 Å². The fraction of sp³-hybridized carbons (Fsp3) is 0.250. The lowest BCUT2D eigenvalue weighted by molar-refractivity contribution is -0.141. The molecule has 1 fully saturated rings. The average molecular weight is 365 g/mol. The van der Waals surface area contributed by atoms with E-state index in [1.54, 1.807) is 12.1 Å². The maximum absolute atomic E-state index is 13.0. The van der Waals surface area contributed by atoms with E-state index in [0.29, 0.717) is 11.3 Å². The molecule has 3 N–H and O–H groups in total. The number of aromatic nitrogens is 2. The predicted octanol–water partition coefficient (Wildman–Crippen LogP) is 3.17. The van der Waals surface area contributed by atoms with Crippen LogP contribution in [-0.4, -0.2) is 22.2 Å². The summed E-state index contributed by atoms with van der Waals surface area (Å²) in [6.07, 6.45) is -1.61. The summed E-state index contributed by atoms with van der Waals surface area (Å²) in [6.45, 7) is 0. The summed E-state index contributed by atoms with van der Waals surface area (Å²) in [5.41, 5.74) is 6.85. The van der Waals surface area contributed by atoms with Crippen LogP contribution < -0.4 is 15.9 Å². The van der Waals surface area contributed by atoms with Crippen LogP contribution in [-0.2, 0) is 6.18 Å². The van der Waals surface area contributed by atoms with Crippen LogP contribution in [0.3, 0.4) is 0 Å². The summed E-state index contributed by atoms with van der Waals surface area (Å²) in [4.78, 5) is 18.0. The molecule has 1 aliphatic rings. The molecule has 0 unspecified atom stereocenters. The van der Waals surface area contributed by atoms with Gasteiger partial charge in [0.25, 0.3) is 0 Å². The molecule has 0 saturated heterocycles. The Morgan fingerprint density at radius 2 is 1.96 bits per heavy atom. The van der Waals surface area contributed by atoms with Gasteiger partial charge in [-0.25, -0.2) is 10.2 Å². The lowest BCUT2D eigenvalue weighted by atomic mass is 10.2. The van der Waals surface area contributed by atoms with Crippen molar-refractivity contribution in [3.8, 4) is 11.8 Å². The van der Waals surface area contributed by atoms with Crippen molar-refractivity contribution >= 4 is 12.2 Å². The van der Waals surface area contributed by atoms with Crippen LogP contribution >= 0.6 is 0 Å². The second-order valence-corrected chi connectivity index (χ2v) is 5.64. The van der Waals surface area contributed by atoms with Crippen molar-refractivity contribution in [2.75, 3.05) is 0 Å². The second-order valence-electron chi connectivity index (χ2n) is 5.64. The highest BCUT2D eigenvalue weighted by atomic mass is 19.4. The van der Waals surface area contributed by atoms with Crippen molar-refractivity contribution in [3.63, 3.8) is 0 Å². The monoisotopic (exact) mass is 365 g/mol. The number of carbonyl (C=O) groups is 1. The van der Waals surface area contributed by atoms with Crippen LogP contribution in [0.5, 0.6) is 11.8 Å². The van der Waals surface area contributed by atoms with Gasteiger partial charge in [-0.15, -0.1) is 0 Å². The van der Waals surface area contributed by atoms with Gasteiger partial charge in [-0.1, -0.05) is 0 Å². The second kappa shape index (κ2) is 6.98. The minimum atomic E-state index is -4.57. The zero-order valence-electron chi connectivity index (χ0n) is 13.3. The first-order valence-corrected chi connectivity index (χ1v) is 7.64. The number of nitrogens with two attached hydrogens (primary N) is 1. The molecule has 3 rings (SSSR count). The number of hydrazone groups is 1. The van der Waals surface area contributed by atoms with Gasteiger partial charge in [0.2, 0.25) is 0 Å². The Morgan fingerprint density at radius 3 is 2.54 bits per heavy atom. The van der Waals surface area contributed by atoms with Crippen molar-refractivity contribution in [2.45, 2.75) is 24.9 Å². The van der Waals surface area contributed by atoms with Gasteiger partial charge in [0.05, 0.1) is 11.9 Å². The highest BCUT2D eigenvalue weighted by Gasteiger charge is 2.36. The van der Waals surface area contributed by atoms with Crippen molar-refractivity contribution in [3.05, 3.63) is 47.3 Å². The molecule has 2 aromatic rings. The lowest BCUT2D eigenvalue weighted by Gasteiger charge is -2.10. The van der Waals surface area contributed by atoms with Crippen LogP contribution in [0.15, 0.2) is 35.4 Å². The largest absolute Gasteiger partial charge is 0.433 e. The zero-order chi connectivity index (χ0) is 18.7. The number of carbonyl (C=O) groups excluding carboxylic acids is 1. The molecule has 1 aromatic carbocycles. The fourth-order valence-electron chi connectivity index (χ4n) is 2.12. The van der Waals surface area contributed by atoms with Gasteiger partial charge in [-0.2, -0.15) is 28.2 Å². The number of nitrogens with one attached hydrogen (secondary N) is 1. The van der Waals surface area contributed by atoms with Crippen LogP contribution in [0.25, 0.3) is 0 Å². The summed E-state index contributed by atoms with van der Waals surface area (Å²) in [5, 5.41) is 3.59. The number of rotatable bonds is 5. The zero-order valence-corrected chi connectivity index (χ0v) is 13.3. The number of halogens is 3. The smallest absolute Gasteiger partial charge is 0.424 e. The van der Waals surface area contributed by atoms with E-state index in [1.807, 2.05) is 5.43 Å². The Labute approximate surface area is 146 Å². The van der Waals surface area contributed by atoms with E-state index in [9.17, 15) is 18.0 Å².